The van der Waals surface area contributed by atoms with Crippen molar-refractivity contribution in [1.82, 2.24) is 14.9 Å². The maximum absolute atomic E-state index is 14.2. The van der Waals surface area contributed by atoms with Crippen LogP contribution in [-0.2, 0) is 6.54 Å². The molecule has 0 bridgehead atoms. The third-order valence-corrected chi connectivity index (χ3v) is 4.52. The molecule has 2 aromatic carbocycles. The Kier molecular flexibility index (Phi) is 4.01. The van der Waals surface area contributed by atoms with Crippen molar-refractivity contribution < 1.29 is 8.78 Å². The SMILES string of the molecule is O=c1[nH]c2c(N3CCNCC3)cc(F)cc2n1Cc1cccc(F)c1. The number of anilines is 1. The average molecular weight is 344 g/mol. The van der Waals surface area contributed by atoms with E-state index in [9.17, 15) is 13.6 Å². The summed E-state index contributed by atoms with van der Waals surface area (Å²) in [5, 5.41) is 3.25. The first-order valence-electron chi connectivity index (χ1n) is 8.24. The molecule has 0 unspecified atom stereocenters. The highest BCUT2D eigenvalue weighted by molar-refractivity contribution is 5.89. The number of nitrogens with one attached hydrogen (secondary N) is 2. The van der Waals surface area contributed by atoms with E-state index in [0.29, 0.717) is 22.3 Å². The first kappa shape index (κ1) is 15.8. The molecule has 0 radical (unpaired) electrons. The molecular weight excluding hydrogens is 326 g/mol. The van der Waals surface area contributed by atoms with Crippen molar-refractivity contribution in [3.8, 4) is 0 Å². The summed E-state index contributed by atoms with van der Waals surface area (Å²) in [7, 11) is 0. The third-order valence-electron chi connectivity index (χ3n) is 4.52. The molecule has 5 nitrogen and oxygen atoms in total. The second kappa shape index (κ2) is 6.33. The summed E-state index contributed by atoms with van der Waals surface area (Å²) in [6.45, 7) is 3.30. The molecule has 0 spiro atoms. The lowest BCUT2D eigenvalue weighted by molar-refractivity contribution is 0.586. The van der Waals surface area contributed by atoms with Gasteiger partial charge in [0, 0.05) is 26.2 Å². The van der Waals surface area contributed by atoms with Gasteiger partial charge in [-0.15, -0.1) is 0 Å². The number of nitrogens with zero attached hydrogens (tertiary/aromatic N) is 2. The summed E-state index contributed by atoms with van der Waals surface area (Å²) in [4.78, 5) is 17.3. The Morgan fingerprint density at radius 2 is 1.84 bits per heavy atom. The van der Waals surface area contributed by atoms with Gasteiger partial charge in [-0.2, -0.15) is 0 Å². The molecule has 0 atom stereocenters. The normalized spacial score (nSPS) is 15.0. The molecular formula is C18H18F2N4O. The number of imidazole rings is 1. The molecule has 130 valence electrons. The van der Waals surface area contributed by atoms with Crippen molar-refractivity contribution >= 4 is 16.7 Å². The minimum Gasteiger partial charge on any atom is -0.367 e. The summed E-state index contributed by atoms with van der Waals surface area (Å²) in [6, 6.07) is 8.86. The molecule has 4 rings (SSSR count). The van der Waals surface area contributed by atoms with Crippen LogP contribution in [0, 0.1) is 11.6 Å². The molecule has 1 aliphatic heterocycles. The minimum atomic E-state index is -0.395. The van der Waals surface area contributed by atoms with E-state index in [-0.39, 0.29) is 18.1 Å². The van der Waals surface area contributed by atoms with Gasteiger partial charge in [0.15, 0.2) is 0 Å². The fourth-order valence-corrected chi connectivity index (χ4v) is 3.33. The number of hydrogen-bond donors (Lipinski definition) is 2. The molecule has 25 heavy (non-hydrogen) atoms. The van der Waals surface area contributed by atoms with Crippen LogP contribution < -0.4 is 15.9 Å². The van der Waals surface area contributed by atoms with Crippen LogP contribution in [0.1, 0.15) is 5.56 Å². The van der Waals surface area contributed by atoms with Crippen LogP contribution in [0.15, 0.2) is 41.2 Å². The van der Waals surface area contributed by atoms with Crippen molar-refractivity contribution in [2.24, 2.45) is 0 Å². The van der Waals surface area contributed by atoms with E-state index in [1.165, 1.54) is 28.8 Å². The van der Waals surface area contributed by atoms with E-state index in [2.05, 4.69) is 15.2 Å². The van der Waals surface area contributed by atoms with Crippen LogP contribution in [0.3, 0.4) is 0 Å². The van der Waals surface area contributed by atoms with Gasteiger partial charge in [0.2, 0.25) is 0 Å². The number of aromatic amines is 1. The van der Waals surface area contributed by atoms with Gasteiger partial charge in [-0.25, -0.2) is 13.6 Å². The Balaban J connectivity index is 1.81. The quantitative estimate of drug-likeness (QED) is 0.765. The number of piperazine rings is 1. The minimum absolute atomic E-state index is 0.182. The summed E-state index contributed by atoms with van der Waals surface area (Å²) in [5.74, 6) is -0.758. The standard InChI is InChI=1S/C18H18F2N4O/c19-13-3-1-2-12(8-13)11-24-16-10-14(20)9-15(17(16)22-18(24)25)23-6-4-21-5-7-23/h1-3,8-10,21H,4-7,11H2,(H,22,25). The fraction of sp³-hybridized carbons (Fsp3) is 0.278. The largest absolute Gasteiger partial charge is 0.367 e. The number of H-pyrrole nitrogens is 1. The summed E-state index contributed by atoms with van der Waals surface area (Å²) in [6.07, 6.45) is 0. The van der Waals surface area contributed by atoms with Crippen LogP contribution in [0.4, 0.5) is 14.5 Å². The number of aromatic nitrogens is 2. The van der Waals surface area contributed by atoms with Crippen LogP contribution in [0.2, 0.25) is 0 Å². The predicted octanol–water partition coefficient (Wildman–Crippen LogP) is 2.07. The first-order valence-corrected chi connectivity index (χ1v) is 8.24. The van der Waals surface area contributed by atoms with E-state index >= 15 is 0 Å². The highest BCUT2D eigenvalue weighted by Gasteiger charge is 2.18. The second-order valence-electron chi connectivity index (χ2n) is 6.20. The maximum Gasteiger partial charge on any atom is 0.326 e. The zero-order chi connectivity index (χ0) is 17.4. The lowest BCUT2D eigenvalue weighted by Gasteiger charge is -2.29. The maximum atomic E-state index is 14.2. The van der Waals surface area contributed by atoms with Crippen molar-refractivity contribution in [1.29, 1.82) is 0 Å². The molecule has 7 heteroatoms. The van der Waals surface area contributed by atoms with E-state index < -0.39 is 5.82 Å². The van der Waals surface area contributed by atoms with Crippen LogP contribution in [-0.4, -0.2) is 35.7 Å². The number of hydrogen-bond acceptors (Lipinski definition) is 3. The Hall–Kier alpha value is -2.67. The molecule has 1 aromatic heterocycles. The smallest absolute Gasteiger partial charge is 0.326 e. The first-order chi connectivity index (χ1) is 12.1. The van der Waals surface area contributed by atoms with Gasteiger partial charge in [0.05, 0.1) is 23.3 Å². The van der Waals surface area contributed by atoms with Gasteiger partial charge in [-0.1, -0.05) is 12.1 Å². The Bertz CT molecular complexity index is 973. The molecule has 2 N–H and O–H groups in total. The van der Waals surface area contributed by atoms with Gasteiger partial charge in [-0.05, 0) is 29.8 Å². The lowest BCUT2D eigenvalue weighted by Crippen LogP contribution is -2.43. The average Bonchev–Trinajstić information content (AvgIpc) is 2.91. The zero-order valence-corrected chi connectivity index (χ0v) is 13.6. The topological polar surface area (TPSA) is 53.1 Å². The van der Waals surface area contributed by atoms with Gasteiger partial charge < -0.3 is 15.2 Å². The number of benzene rings is 2. The Morgan fingerprint density at radius 3 is 2.60 bits per heavy atom. The monoisotopic (exact) mass is 344 g/mol. The molecule has 1 saturated heterocycles. The summed E-state index contributed by atoms with van der Waals surface area (Å²) >= 11 is 0. The van der Waals surface area contributed by atoms with E-state index in [1.807, 2.05) is 0 Å². The van der Waals surface area contributed by atoms with Crippen molar-refractivity contribution in [3.63, 3.8) is 0 Å². The molecule has 1 aliphatic rings. The number of halogens is 2. The van der Waals surface area contributed by atoms with Crippen molar-refractivity contribution in [2.45, 2.75) is 6.54 Å². The second-order valence-corrected chi connectivity index (χ2v) is 6.20. The molecule has 0 aliphatic carbocycles. The van der Waals surface area contributed by atoms with E-state index in [4.69, 9.17) is 0 Å². The summed E-state index contributed by atoms with van der Waals surface area (Å²) < 4.78 is 29.1. The number of rotatable bonds is 3. The fourth-order valence-electron chi connectivity index (χ4n) is 3.33. The van der Waals surface area contributed by atoms with Crippen LogP contribution >= 0.6 is 0 Å². The van der Waals surface area contributed by atoms with Gasteiger partial charge in [-0.3, -0.25) is 4.57 Å². The zero-order valence-electron chi connectivity index (χ0n) is 13.6. The van der Waals surface area contributed by atoms with Gasteiger partial charge in [0.1, 0.15) is 11.6 Å². The highest BCUT2D eigenvalue weighted by atomic mass is 19.1. The lowest BCUT2D eigenvalue weighted by atomic mass is 10.2. The van der Waals surface area contributed by atoms with Crippen molar-refractivity contribution in [3.05, 3.63) is 64.1 Å². The molecule has 3 aromatic rings. The Morgan fingerprint density at radius 1 is 1.04 bits per heavy atom. The molecule has 0 saturated carbocycles. The van der Waals surface area contributed by atoms with Crippen LogP contribution in [0.5, 0.6) is 0 Å². The summed E-state index contributed by atoms with van der Waals surface area (Å²) in [5.41, 5.74) is 2.11. The Labute approximate surface area is 142 Å². The molecule has 0 amide bonds. The van der Waals surface area contributed by atoms with E-state index in [0.717, 1.165) is 26.2 Å². The van der Waals surface area contributed by atoms with Gasteiger partial charge >= 0.3 is 5.69 Å². The van der Waals surface area contributed by atoms with Crippen LogP contribution in [0.25, 0.3) is 11.0 Å². The van der Waals surface area contributed by atoms with Crippen molar-refractivity contribution in [2.75, 3.05) is 31.1 Å². The molecule has 1 fully saturated rings. The predicted molar refractivity (Wildman–Crippen MR) is 93.1 cm³/mol. The number of fused-ring (bicyclic) bond motifs is 1. The highest BCUT2D eigenvalue weighted by Crippen LogP contribution is 2.27. The third kappa shape index (κ3) is 3.02. The van der Waals surface area contributed by atoms with E-state index in [1.54, 1.807) is 12.1 Å². The van der Waals surface area contributed by atoms with Gasteiger partial charge in [0.25, 0.3) is 0 Å². The molecule has 2 heterocycles.